The molecular formula is C17H13N5O. The van der Waals surface area contributed by atoms with Gasteiger partial charge in [-0.05, 0) is 43.4 Å². The van der Waals surface area contributed by atoms with Gasteiger partial charge in [0.25, 0.3) is 0 Å². The predicted octanol–water partition coefficient (Wildman–Crippen LogP) is 2.82. The minimum Gasteiger partial charge on any atom is -0.467 e. The summed E-state index contributed by atoms with van der Waals surface area (Å²) in [6.45, 7) is 0. The van der Waals surface area contributed by atoms with Crippen LogP contribution in [0.5, 0.6) is 0 Å². The standard InChI is InChI=1S/C17H13N5O/c18-8-16(9-19)12-4-1-2-5-13(12)22-15(14-6-3-7-23-14)17(16,10-20)11-21/h3,6-7,15,22H,1-2,4-5H2. The molecule has 2 aliphatic rings. The quantitative estimate of drug-likeness (QED) is 0.851. The highest BCUT2D eigenvalue weighted by molar-refractivity contribution is 5.52. The van der Waals surface area contributed by atoms with E-state index in [4.69, 9.17) is 4.42 Å². The molecule has 1 aromatic rings. The van der Waals surface area contributed by atoms with Crippen LogP contribution in [0.1, 0.15) is 37.5 Å². The number of allylic oxidation sites excluding steroid dienone is 2. The van der Waals surface area contributed by atoms with E-state index in [0.29, 0.717) is 24.2 Å². The van der Waals surface area contributed by atoms with Crippen LogP contribution in [-0.2, 0) is 0 Å². The maximum Gasteiger partial charge on any atom is 0.206 e. The summed E-state index contributed by atoms with van der Waals surface area (Å²) in [5, 5.41) is 42.5. The molecule has 6 nitrogen and oxygen atoms in total. The third-order valence-corrected chi connectivity index (χ3v) is 4.78. The van der Waals surface area contributed by atoms with Crippen molar-refractivity contribution in [2.45, 2.75) is 31.7 Å². The van der Waals surface area contributed by atoms with E-state index < -0.39 is 16.9 Å². The summed E-state index contributed by atoms with van der Waals surface area (Å²) in [5.41, 5.74) is -2.29. The highest BCUT2D eigenvalue weighted by atomic mass is 16.3. The van der Waals surface area contributed by atoms with E-state index in [0.717, 1.165) is 18.5 Å². The summed E-state index contributed by atoms with van der Waals surface area (Å²) in [5.74, 6) is 0.375. The molecule has 0 spiro atoms. The Hall–Kier alpha value is -3.22. The molecule has 1 atom stereocenters. The van der Waals surface area contributed by atoms with E-state index >= 15 is 0 Å². The van der Waals surface area contributed by atoms with Crippen molar-refractivity contribution < 1.29 is 4.42 Å². The molecule has 1 aromatic heterocycles. The predicted molar refractivity (Wildman–Crippen MR) is 77.4 cm³/mol. The topological polar surface area (TPSA) is 120 Å². The molecule has 1 unspecified atom stereocenters. The number of nitriles is 4. The summed E-state index contributed by atoms with van der Waals surface area (Å²) in [7, 11) is 0. The van der Waals surface area contributed by atoms with Crippen LogP contribution in [-0.4, -0.2) is 0 Å². The SMILES string of the molecule is N#CC1(C#N)C2=C(CCCC2)NC(c2ccco2)C1(C#N)C#N. The lowest BCUT2D eigenvalue weighted by atomic mass is 9.54. The highest BCUT2D eigenvalue weighted by Gasteiger charge is 2.65. The van der Waals surface area contributed by atoms with Crippen molar-refractivity contribution in [1.82, 2.24) is 5.32 Å². The lowest BCUT2D eigenvalue weighted by molar-refractivity contribution is 0.195. The lowest BCUT2D eigenvalue weighted by Gasteiger charge is -2.45. The molecule has 6 heteroatoms. The largest absolute Gasteiger partial charge is 0.467 e. The van der Waals surface area contributed by atoms with Crippen LogP contribution in [0.25, 0.3) is 0 Å². The Labute approximate surface area is 133 Å². The van der Waals surface area contributed by atoms with Crippen molar-refractivity contribution >= 4 is 0 Å². The molecule has 1 N–H and O–H groups in total. The first-order chi connectivity index (χ1) is 11.2. The molecule has 112 valence electrons. The average molecular weight is 303 g/mol. The molecule has 1 aliphatic carbocycles. The van der Waals surface area contributed by atoms with E-state index in [1.54, 1.807) is 12.1 Å². The highest BCUT2D eigenvalue weighted by Crippen LogP contribution is 2.57. The van der Waals surface area contributed by atoms with Gasteiger partial charge in [-0.3, -0.25) is 0 Å². The summed E-state index contributed by atoms with van der Waals surface area (Å²) < 4.78 is 5.39. The molecule has 0 radical (unpaired) electrons. The molecule has 2 heterocycles. The Bertz CT molecular complexity index is 794. The molecule has 0 saturated heterocycles. The minimum absolute atomic E-state index is 0.375. The zero-order valence-electron chi connectivity index (χ0n) is 12.3. The molecule has 23 heavy (non-hydrogen) atoms. The molecule has 0 saturated carbocycles. The van der Waals surface area contributed by atoms with Crippen molar-refractivity contribution in [1.29, 1.82) is 21.0 Å². The third kappa shape index (κ3) is 1.70. The fourth-order valence-electron chi connectivity index (χ4n) is 3.61. The summed E-state index contributed by atoms with van der Waals surface area (Å²) >= 11 is 0. The Morgan fingerprint density at radius 3 is 2.30 bits per heavy atom. The van der Waals surface area contributed by atoms with Crippen LogP contribution in [0.2, 0.25) is 0 Å². The third-order valence-electron chi connectivity index (χ3n) is 4.78. The fourth-order valence-corrected chi connectivity index (χ4v) is 3.61. The summed E-state index contributed by atoms with van der Waals surface area (Å²) in [6, 6.07) is 10.4. The smallest absolute Gasteiger partial charge is 0.206 e. The van der Waals surface area contributed by atoms with Crippen LogP contribution in [0, 0.1) is 56.2 Å². The number of nitrogens with one attached hydrogen (secondary N) is 1. The Kier molecular flexibility index (Phi) is 3.33. The Morgan fingerprint density at radius 1 is 1.04 bits per heavy atom. The Morgan fingerprint density at radius 2 is 1.74 bits per heavy atom. The van der Waals surface area contributed by atoms with Gasteiger partial charge in [-0.1, -0.05) is 0 Å². The van der Waals surface area contributed by atoms with Gasteiger partial charge in [-0.2, -0.15) is 21.0 Å². The first-order valence-corrected chi connectivity index (χ1v) is 7.36. The summed E-state index contributed by atoms with van der Waals surface area (Å²) in [6.07, 6.45) is 4.46. The normalized spacial score (nSPS) is 24.1. The second kappa shape index (κ2) is 5.20. The van der Waals surface area contributed by atoms with Crippen molar-refractivity contribution in [2.24, 2.45) is 10.8 Å². The Balaban J connectivity index is 2.33. The lowest BCUT2D eigenvalue weighted by Crippen LogP contribution is -2.53. The van der Waals surface area contributed by atoms with E-state index in [2.05, 4.69) is 5.32 Å². The van der Waals surface area contributed by atoms with Crippen molar-refractivity contribution in [3.8, 4) is 24.3 Å². The van der Waals surface area contributed by atoms with Gasteiger partial charge in [-0.25, -0.2) is 0 Å². The molecule has 0 aromatic carbocycles. The minimum atomic E-state index is -1.87. The molecule has 1 aliphatic heterocycles. The van der Waals surface area contributed by atoms with Crippen LogP contribution >= 0.6 is 0 Å². The van der Waals surface area contributed by atoms with E-state index in [1.165, 1.54) is 6.26 Å². The maximum atomic E-state index is 9.83. The van der Waals surface area contributed by atoms with Crippen molar-refractivity contribution in [3.63, 3.8) is 0 Å². The molecule has 3 rings (SSSR count). The number of rotatable bonds is 1. The second-order valence-corrected chi connectivity index (χ2v) is 5.76. The van der Waals surface area contributed by atoms with Gasteiger partial charge in [0.1, 0.15) is 11.8 Å². The van der Waals surface area contributed by atoms with Gasteiger partial charge in [0.2, 0.25) is 10.8 Å². The summed E-state index contributed by atoms with van der Waals surface area (Å²) in [4.78, 5) is 0. The number of nitrogens with zero attached hydrogens (tertiary/aromatic N) is 4. The van der Waals surface area contributed by atoms with Gasteiger partial charge in [0.05, 0.1) is 30.5 Å². The average Bonchev–Trinajstić information content (AvgIpc) is 3.14. The number of hydrogen-bond acceptors (Lipinski definition) is 6. The van der Waals surface area contributed by atoms with Gasteiger partial charge in [0, 0.05) is 5.70 Å². The molecule has 0 fully saturated rings. The molecule has 0 amide bonds. The van der Waals surface area contributed by atoms with Crippen LogP contribution in [0.4, 0.5) is 0 Å². The second-order valence-electron chi connectivity index (χ2n) is 5.76. The van der Waals surface area contributed by atoms with Gasteiger partial charge < -0.3 is 9.73 Å². The monoisotopic (exact) mass is 303 g/mol. The van der Waals surface area contributed by atoms with E-state index in [9.17, 15) is 21.0 Å². The van der Waals surface area contributed by atoms with E-state index in [1.807, 2.05) is 24.3 Å². The van der Waals surface area contributed by atoms with Gasteiger partial charge >= 0.3 is 0 Å². The van der Waals surface area contributed by atoms with Crippen LogP contribution in [0.15, 0.2) is 34.1 Å². The van der Waals surface area contributed by atoms with Crippen LogP contribution in [0.3, 0.4) is 0 Å². The van der Waals surface area contributed by atoms with E-state index in [-0.39, 0.29) is 0 Å². The number of furan rings is 1. The maximum absolute atomic E-state index is 9.83. The fraction of sp³-hybridized carbons (Fsp3) is 0.412. The first-order valence-electron chi connectivity index (χ1n) is 7.36. The van der Waals surface area contributed by atoms with Crippen LogP contribution < -0.4 is 5.32 Å². The first kappa shape index (κ1) is 14.7. The van der Waals surface area contributed by atoms with Crippen molar-refractivity contribution in [3.05, 3.63) is 35.4 Å². The zero-order chi connectivity index (χ0) is 16.5. The molecular weight excluding hydrogens is 290 g/mol. The van der Waals surface area contributed by atoms with Gasteiger partial charge in [0.15, 0.2) is 0 Å². The number of hydrogen-bond donors (Lipinski definition) is 1. The zero-order valence-corrected chi connectivity index (χ0v) is 12.3. The van der Waals surface area contributed by atoms with Gasteiger partial charge in [-0.15, -0.1) is 0 Å². The van der Waals surface area contributed by atoms with Crippen molar-refractivity contribution in [2.75, 3.05) is 0 Å². The molecule has 0 bridgehead atoms.